The molecule has 26 heavy (non-hydrogen) atoms. The van der Waals surface area contributed by atoms with E-state index in [1.54, 1.807) is 20.8 Å². The van der Waals surface area contributed by atoms with Crippen LogP contribution in [0.2, 0.25) is 0 Å². The van der Waals surface area contributed by atoms with Gasteiger partial charge in [-0.3, -0.25) is 4.79 Å². The Morgan fingerprint density at radius 1 is 1.27 bits per heavy atom. The van der Waals surface area contributed by atoms with E-state index >= 15 is 0 Å². The largest absolute Gasteiger partial charge is 0.444 e. The average molecular weight is 362 g/mol. The number of halogens is 1. The molecule has 1 aliphatic rings. The number of rotatable bonds is 2. The lowest BCUT2D eigenvalue weighted by Crippen LogP contribution is -2.61. The molecule has 2 amide bonds. The quantitative estimate of drug-likeness (QED) is 0.885. The fraction of sp³-hybridized carbons (Fsp3) is 0.389. The van der Waals surface area contributed by atoms with Crippen molar-refractivity contribution in [1.82, 2.24) is 10.2 Å². The minimum Gasteiger partial charge on any atom is -0.444 e. The molecular formula is C18H19FN2O5. The molecule has 1 aromatic carbocycles. The SMILES string of the molecule is CC(C)(C)OC(=O)N1CC(NC(=O)c2cc3cc(F)ccc3c(=O)o2)C1. The first-order valence-corrected chi connectivity index (χ1v) is 8.14. The van der Waals surface area contributed by atoms with E-state index in [2.05, 4.69) is 5.32 Å². The monoisotopic (exact) mass is 362 g/mol. The molecule has 138 valence electrons. The van der Waals surface area contributed by atoms with Gasteiger partial charge in [0.25, 0.3) is 5.91 Å². The second-order valence-corrected chi connectivity index (χ2v) is 7.19. The van der Waals surface area contributed by atoms with E-state index in [1.807, 2.05) is 0 Å². The maximum atomic E-state index is 13.3. The van der Waals surface area contributed by atoms with E-state index in [1.165, 1.54) is 17.0 Å². The molecule has 0 unspecified atom stereocenters. The zero-order chi connectivity index (χ0) is 19.1. The summed E-state index contributed by atoms with van der Waals surface area (Å²) in [5.41, 5.74) is -1.30. The first-order valence-electron chi connectivity index (χ1n) is 8.14. The summed E-state index contributed by atoms with van der Waals surface area (Å²) in [5, 5.41) is 3.16. The van der Waals surface area contributed by atoms with E-state index in [0.29, 0.717) is 13.1 Å². The number of ether oxygens (including phenoxy) is 1. The van der Waals surface area contributed by atoms with E-state index < -0.39 is 29.0 Å². The molecule has 1 aromatic heterocycles. The van der Waals surface area contributed by atoms with Gasteiger partial charge in [-0.05, 0) is 50.4 Å². The van der Waals surface area contributed by atoms with E-state index in [9.17, 15) is 18.8 Å². The van der Waals surface area contributed by atoms with Gasteiger partial charge in [-0.2, -0.15) is 0 Å². The highest BCUT2D eigenvalue weighted by atomic mass is 19.1. The van der Waals surface area contributed by atoms with Crippen LogP contribution in [-0.4, -0.2) is 41.6 Å². The maximum absolute atomic E-state index is 13.3. The van der Waals surface area contributed by atoms with Crippen LogP contribution in [-0.2, 0) is 4.74 Å². The van der Waals surface area contributed by atoms with Gasteiger partial charge in [0.2, 0.25) is 0 Å². The van der Waals surface area contributed by atoms with Crippen molar-refractivity contribution in [2.45, 2.75) is 32.4 Å². The molecule has 0 atom stereocenters. The molecule has 8 heteroatoms. The van der Waals surface area contributed by atoms with Crippen LogP contribution in [0.5, 0.6) is 0 Å². The summed E-state index contributed by atoms with van der Waals surface area (Å²) in [6, 6.07) is 4.67. The molecule has 1 saturated heterocycles. The Hall–Kier alpha value is -2.90. The topological polar surface area (TPSA) is 88.9 Å². The van der Waals surface area contributed by atoms with Gasteiger partial charge in [0, 0.05) is 13.1 Å². The molecule has 2 heterocycles. The minimum atomic E-state index is -0.711. The fourth-order valence-corrected chi connectivity index (χ4v) is 2.58. The summed E-state index contributed by atoms with van der Waals surface area (Å²) in [4.78, 5) is 37.5. The zero-order valence-corrected chi connectivity index (χ0v) is 14.7. The third-order valence-corrected chi connectivity index (χ3v) is 3.82. The molecule has 1 N–H and O–H groups in total. The molecule has 0 aliphatic carbocycles. The summed E-state index contributed by atoms with van der Waals surface area (Å²) in [5.74, 6) is -1.31. The lowest BCUT2D eigenvalue weighted by Gasteiger charge is -2.39. The molecular weight excluding hydrogens is 343 g/mol. The zero-order valence-electron chi connectivity index (χ0n) is 14.7. The maximum Gasteiger partial charge on any atom is 0.410 e. The van der Waals surface area contributed by atoms with Crippen molar-refractivity contribution in [2.75, 3.05) is 13.1 Å². The van der Waals surface area contributed by atoms with Crippen LogP contribution in [0.15, 0.2) is 33.5 Å². The molecule has 2 aromatic rings. The van der Waals surface area contributed by atoms with Crippen LogP contribution in [0, 0.1) is 5.82 Å². The van der Waals surface area contributed by atoms with Crippen molar-refractivity contribution in [1.29, 1.82) is 0 Å². The molecule has 0 spiro atoms. The van der Waals surface area contributed by atoms with Crippen LogP contribution in [0.1, 0.15) is 31.3 Å². The van der Waals surface area contributed by atoms with Crippen molar-refractivity contribution in [3.8, 4) is 0 Å². The molecule has 0 saturated carbocycles. The van der Waals surface area contributed by atoms with Gasteiger partial charge in [0.05, 0.1) is 11.4 Å². The average Bonchev–Trinajstić information content (AvgIpc) is 2.47. The number of hydrogen-bond donors (Lipinski definition) is 1. The molecule has 0 radical (unpaired) electrons. The first kappa shape index (κ1) is 17.9. The standard InChI is InChI=1S/C18H19FN2O5/c1-18(2,3)26-17(24)21-8-12(9-21)20-15(22)14-7-10-6-11(19)4-5-13(10)16(23)25-14/h4-7,12H,8-9H2,1-3H3,(H,20,22). The minimum absolute atomic E-state index is 0.197. The Morgan fingerprint density at radius 2 is 1.96 bits per heavy atom. The van der Waals surface area contributed by atoms with Crippen molar-refractivity contribution in [3.05, 3.63) is 46.3 Å². The highest BCUT2D eigenvalue weighted by Crippen LogP contribution is 2.17. The molecule has 3 rings (SSSR count). The summed E-state index contributed by atoms with van der Waals surface area (Å²) in [7, 11) is 0. The molecule has 1 fully saturated rings. The second-order valence-electron chi connectivity index (χ2n) is 7.19. The number of likely N-dealkylation sites (tertiary alicyclic amines) is 1. The number of nitrogens with one attached hydrogen (secondary N) is 1. The van der Waals surface area contributed by atoms with Crippen LogP contribution < -0.4 is 10.9 Å². The van der Waals surface area contributed by atoms with Gasteiger partial charge in [0.15, 0.2) is 5.76 Å². The number of fused-ring (bicyclic) bond motifs is 1. The van der Waals surface area contributed by atoms with Gasteiger partial charge in [-0.1, -0.05) is 0 Å². The number of nitrogens with zero attached hydrogens (tertiary/aromatic N) is 1. The number of benzene rings is 1. The van der Waals surface area contributed by atoms with Crippen LogP contribution in [0.25, 0.3) is 10.8 Å². The van der Waals surface area contributed by atoms with Gasteiger partial charge in [0.1, 0.15) is 11.4 Å². The van der Waals surface area contributed by atoms with Crippen LogP contribution >= 0.6 is 0 Å². The summed E-state index contributed by atoms with van der Waals surface area (Å²) >= 11 is 0. The Morgan fingerprint density at radius 3 is 2.62 bits per heavy atom. The summed E-state index contributed by atoms with van der Waals surface area (Å²) in [6.45, 7) is 5.91. The lowest BCUT2D eigenvalue weighted by molar-refractivity contribution is 0.00521. The fourth-order valence-electron chi connectivity index (χ4n) is 2.58. The lowest BCUT2D eigenvalue weighted by atomic mass is 10.1. The molecule has 7 nitrogen and oxygen atoms in total. The van der Waals surface area contributed by atoms with Gasteiger partial charge in [-0.15, -0.1) is 0 Å². The van der Waals surface area contributed by atoms with Crippen molar-refractivity contribution >= 4 is 22.8 Å². The van der Waals surface area contributed by atoms with Crippen molar-refractivity contribution in [2.24, 2.45) is 0 Å². The smallest absolute Gasteiger partial charge is 0.410 e. The first-order chi connectivity index (χ1) is 12.1. The highest BCUT2D eigenvalue weighted by Gasteiger charge is 2.35. The second kappa shape index (κ2) is 6.44. The third-order valence-electron chi connectivity index (χ3n) is 3.82. The predicted molar refractivity (Wildman–Crippen MR) is 91.5 cm³/mol. The molecule has 0 bridgehead atoms. The Balaban J connectivity index is 1.64. The van der Waals surface area contributed by atoms with Crippen LogP contribution in [0.4, 0.5) is 9.18 Å². The van der Waals surface area contributed by atoms with E-state index in [4.69, 9.17) is 9.15 Å². The van der Waals surface area contributed by atoms with Gasteiger partial charge >= 0.3 is 11.7 Å². The van der Waals surface area contributed by atoms with Crippen molar-refractivity contribution in [3.63, 3.8) is 0 Å². The highest BCUT2D eigenvalue weighted by molar-refractivity contribution is 5.95. The summed E-state index contributed by atoms with van der Waals surface area (Å²) < 4.78 is 23.6. The van der Waals surface area contributed by atoms with Crippen LogP contribution in [0.3, 0.4) is 0 Å². The van der Waals surface area contributed by atoms with E-state index in [0.717, 1.165) is 12.1 Å². The van der Waals surface area contributed by atoms with E-state index in [-0.39, 0.29) is 22.6 Å². The Kier molecular flexibility index (Phi) is 4.43. The van der Waals surface area contributed by atoms with Crippen molar-refractivity contribution < 1.29 is 23.1 Å². The van der Waals surface area contributed by atoms with Gasteiger partial charge < -0.3 is 19.4 Å². The molecule has 1 aliphatic heterocycles. The third kappa shape index (κ3) is 3.84. The number of carbonyl (C=O) groups excluding carboxylic acids is 2. The Bertz CT molecular complexity index is 925. The number of hydrogen-bond acceptors (Lipinski definition) is 5. The van der Waals surface area contributed by atoms with Gasteiger partial charge in [-0.25, -0.2) is 14.0 Å². The normalized spacial score (nSPS) is 14.8. The number of carbonyl (C=O) groups is 2. The summed E-state index contributed by atoms with van der Waals surface area (Å²) in [6.07, 6.45) is -0.448. The predicted octanol–water partition coefficient (Wildman–Crippen LogP) is 2.28. The number of amides is 2. The Labute approximate surface area is 148 Å².